The summed E-state index contributed by atoms with van der Waals surface area (Å²) in [4.78, 5) is 3.54. The second-order valence-corrected chi connectivity index (χ2v) is 12.4. The number of nitrogens with one attached hydrogen (secondary N) is 1. The summed E-state index contributed by atoms with van der Waals surface area (Å²) in [7, 11) is 0. The molecule has 0 amide bonds. The molecule has 0 radical (unpaired) electrons. The van der Waals surface area contributed by atoms with E-state index < -0.39 is 0 Å². The molecule has 1 fully saturated rings. The van der Waals surface area contributed by atoms with E-state index in [1.165, 1.54) is 32.9 Å². The zero-order valence-electron chi connectivity index (χ0n) is 28.8. The van der Waals surface area contributed by atoms with Gasteiger partial charge in [-0.1, -0.05) is 110 Å². The first-order chi connectivity index (χ1) is 21.8. The van der Waals surface area contributed by atoms with Gasteiger partial charge in [0.05, 0.1) is 5.60 Å². The van der Waals surface area contributed by atoms with Crippen molar-refractivity contribution in [3.8, 4) is 22.3 Å². The number of hydrogen-bond donors (Lipinski definition) is 1. The number of fused-ring (bicyclic) bond motifs is 7. The first-order valence-corrected chi connectivity index (χ1v) is 16.9. The summed E-state index contributed by atoms with van der Waals surface area (Å²) in [6.45, 7) is 21.1. The lowest BCUT2D eigenvalue weighted by Gasteiger charge is -2.34. The number of para-hydroxylation sites is 1. The molecule has 2 bridgehead atoms. The van der Waals surface area contributed by atoms with Gasteiger partial charge in [-0.25, -0.2) is 0 Å². The highest BCUT2D eigenvalue weighted by Crippen LogP contribution is 2.46. The van der Waals surface area contributed by atoms with Gasteiger partial charge >= 0.3 is 6.92 Å². The number of aromatic amines is 1. The molecule has 3 heterocycles. The molecule has 45 heavy (non-hydrogen) atoms. The summed E-state index contributed by atoms with van der Waals surface area (Å²) >= 11 is 0. The van der Waals surface area contributed by atoms with E-state index in [2.05, 4.69) is 124 Å². The molecule has 2 aliphatic heterocycles. The fourth-order valence-corrected chi connectivity index (χ4v) is 6.52. The van der Waals surface area contributed by atoms with Crippen molar-refractivity contribution in [3.05, 3.63) is 91.1 Å². The zero-order chi connectivity index (χ0) is 32.5. The number of rotatable bonds is 1. The summed E-state index contributed by atoms with van der Waals surface area (Å²) in [6.07, 6.45) is 3.11. The Morgan fingerprint density at radius 3 is 2.11 bits per heavy atom. The van der Waals surface area contributed by atoms with Crippen molar-refractivity contribution >= 4 is 56.0 Å². The normalized spacial score (nSPS) is 15.0. The van der Waals surface area contributed by atoms with Crippen LogP contribution in [0.2, 0.25) is 6.32 Å². The van der Waals surface area contributed by atoms with E-state index >= 15 is 0 Å². The van der Waals surface area contributed by atoms with Crippen molar-refractivity contribution in [1.82, 2.24) is 4.98 Å². The molecule has 3 aliphatic rings. The van der Waals surface area contributed by atoms with E-state index in [0.29, 0.717) is 0 Å². The Balaban J connectivity index is 0.000000632. The maximum Gasteiger partial charge on any atom is 0.328 e. The molecular formula is C41H48BNO2. The van der Waals surface area contributed by atoms with Crippen LogP contribution in [0, 0.1) is 5.41 Å². The number of furan rings is 1. The molecule has 1 aromatic heterocycles. The lowest BCUT2D eigenvalue weighted by atomic mass is 9.54. The maximum atomic E-state index is 6.66. The predicted octanol–water partition coefficient (Wildman–Crippen LogP) is 12.1. The molecule has 0 unspecified atom stereocenters. The second-order valence-electron chi connectivity index (χ2n) is 12.4. The van der Waals surface area contributed by atoms with Crippen LogP contribution < -0.4 is 5.46 Å². The van der Waals surface area contributed by atoms with Crippen LogP contribution in [-0.4, -0.2) is 17.5 Å². The highest BCUT2D eigenvalue weighted by molar-refractivity contribution is 6.68. The summed E-state index contributed by atoms with van der Waals surface area (Å²) < 4.78 is 13.2. The molecule has 1 N–H and O–H groups in total. The monoisotopic (exact) mass is 597 g/mol. The standard InChI is InChI=1S/C35H30BNO2.3C2H6/c1-34(2)20-36(39-35(34,3)4)23-13-15-26-27-14-12-21-16-30-24-10-7-8-22(19-37-31-11-6-5-9-25(24)31)28(30)18-29(21)33(27)38-32(26)17-23;3*1-2/h5-19,37H,20H2,1-4H3;3*1-2H3. The van der Waals surface area contributed by atoms with E-state index in [1.807, 2.05) is 41.5 Å². The molecule has 0 saturated carbocycles. The minimum absolute atomic E-state index is 0.0748. The quantitative estimate of drug-likeness (QED) is 0.191. The van der Waals surface area contributed by atoms with E-state index in [9.17, 15) is 0 Å². The smallest absolute Gasteiger partial charge is 0.328 e. The molecule has 4 aromatic carbocycles. The van der Waals surface area contributed by atoms with Gasteiger partial charge in [-0.2, -0.15) is 0 Å². The highest BCUT2D eigenvalue weighted by atomic mass is 16.5. The molecule has 3 nitrogen and oxygen atoms in total. The molecule has 0 atom stereocenters. The Hall–Kier alpha value is -4.02. The molecule has 1 aliphatic carbocycles. The van der Waals surface area contributed by atoms with Gasteiger partial charge in [-0.3, -0.25) is 0 Å². The van der Waals surface area contributed by atoms with E-state index in [1.54, 1.807) is 0 Å². The minimum Gasteiger partial charge on any atom is -0.455 e. The summed E-state index contributed by atoms with van der Waals surface area (Å²) in [6, 6.07) is 30.8. The van der Waals surface area contributed by atoms with Crippen LogP contribution in [-0.2, 0) is 4.65 Å². The fourth-order valence-electron chi connectivity index (χ4n) is 6.52. The van der Waals surface area contributed by atoms with Crippen molar-refractivity contribution in [3.63, 3.8) is 0 Å². The van der Waals surface area contributed by atoms with Gasteiger partial charge in [-0.15, -0.1) is 0 Å². The van der Waals surface area contributed by atoms with Crippen LogP contribution in [0.4, 0.5) is 0 Å². The topological polar surface area (TPSA) is 38.2 Å². The third-order valence-corrected chi connectivity index (χ3v) is 9.49. The lowest BCUT2D eigenvalue weighted by molar-refractivity contribution is 0.0375. The number of benzene rings is 4. The molecule has 5 aromatic rings. The first-order valence-electron chi connectivity index (χ1n) is 16.9. The van der Waals surface area contributed by atoms with E-state index in [0.717, 1.165) is 44.7 Å². The minimum atomic E-state index is -0.167. The van der Waals surface area contributed by atoms with Crippen molar-refractivity contribution < 1.29 is 9.07 Å². The van der Waals surface area contributed by atoms with Crippen molar-refractivity contribution in [2.45, 2.75) is 81.2 Å². The Labute approximate surface area is 269 Å². The Morgan fingerprint density at radius 2 is 1.38 bits per heavy atom. The molecule has 4 heteroatoms. The zero-order valence-corrected chi connectivity index (χ0v) is 28.8. The Morgan fingerprint density at radius 1 is 0.644 bits per heavy atom. The molecular weight excluding hydrogens is 549 g/mol. The average molecular weight is 598 g/mol. The van der Waals surface area contributed by atoms with E-state index in [4.69, 9.17) is 9.07 Å². The third-order valence-electron chi connectivity index (χ3n) is 9.49. The first kappa shape index (κ1) is 32.4. The van der Waals surface area contributed by atoms with Crippen LogP contribution in [0.25, 0.3) is 65.9 Å². The predicted molar refractivity (Wildman–Crippen MR) is 198 cm³/mol. The van der Waals surface area contributed by atoms with Crippen LogP contribution in [0.15, 0.2) is 95.5 Å². The molecule has 232 valence electrons. The summed E-state index contributed by atoms with van der Waals surface area (Å²) in [5.74, 6) is 0. The van der Waals surface area contributed by atoms with Gasteiger partial charge in [-0.05, 0) is 89.0 Å². The molecule has 1 saturated heterocycles. The van der Waals surface area contributed by atoms with Crippen LogP contribution in [0.1, 0.15) is 69.2 Å². The molecule has 8 rings (SSSR count). The van der Waals surface area contributed by atoms with Crippen LogP contribution >= 0.6 is 0 Å². The number of hydrogen-bond acceptors (Lipinski definition) is 2. The Kier molecular flexibility index (Phi) is 9.19. The number of aromatic nitrogens is 1. The summed E-state index contributed by atoms with van der Waals surface area (Å²) in [5, 5.41) is 5.82. The highest BCUT2D eigenvalue weighted by Gasteiger charge is 2.49. The lowest BCUT2D eigenvalue weighted by Crippen LogP contribution is -2.36. The second kappa shape index (κ2) is 12.8. The van der Waals surface area contributed by atoms with Gasteiger partial charge in [0.25, 0.3) is 0 Å². The van der Waals surface area contributed by atoms with Gasteiger partial charge in [0.2, 0.25) is 0 Å². The average Bonchev–Trinajstić information content (AvgIpc) is 3.50. The maximum absolute atomic E-state index is 6.66. The van der Waals surface area contributed by atoms with Crippen LogP contribution in [0.5, 0.6) is 0 Å². The fraction of sp³-hybridized carbons (Fsp3) is 0.317. The van der Waals surface area contributed by atoms with Gasteiger partial charge in [0.1, 0.15) is 11.2 Å². The van der Waals surface area contributed by atoms with Crippen molar-refractivity contribution in [1.29, 1.82) is 0 Å². The summed E-state index contributed by atoms with van der Waals surface area (Å²) in [5.41, 5.74) is 8.96. The van der Waals surface area contributed by atoms with E-state index in [-0.39, 0.29) is 17.9 Å². The van der Waals surface area contributed by atoms with Crippen molar-refractivity contribution in [2.24, 2.45) is 5.41 Å². The molecule has 0 spiro atoms. The van der Waals surface area contributed by atoms with Crippen LogP contribution in [0.3, 0.4) is 0 Å². The number of H-pyrrole nitrogens is 1. The largest absolute Gasteiger partial charge is 0.455 e. The van der Waals surface area contributed by atoms with Gasteiger partial charge in [0, 0.05) is 33.3 Å². The van der Waals surface area contributed by atoms with Gasteiger partial charge in [0.15, 0.2) is 0 Å². The third kappa shape index (κ3) is 5.44. The van der Waals surface area contributed by atoms with Crippen molar-refractivity contribution in [2.75, 3.05) is 0 Å². The van der Waals surface area contributed by atoms with Gasteiger partial charge < -0.3 is 14.1 Å². The Bertz CT molecular complexity index is 2030. The SMILES string of the molecule is CC.CC.CC.CC1(C)CB(c2ccc3c(c2)oc2c4cc5c(cc4ccc32)-c2cccc-5c[nH]c3ccccc23)OC1(C)C.